The molecule has 2 amide bonds. The number of nitrogens with one attached hydrogen (secondary N) is 1. The monoisotopic (exact) mass is 343 g/mol. The summed E-state index contributed by atoms with van der Waals surface area (Å²) in [5.41, 5.74) is 2.35. The highest BCUT2D eigenvalue weighted by Crippen LogP contribution is 2.31. The highest BCUT2D eigenvalue weighted by atomic mass is 19.1. The number of rotatable bonds is 3. The normalized spacial score (nSPS) is 10.8. The second-order valence-electron chi connectivity index (χ2n) is 5.74. The third-order valence-corrected chi connectivity index (χ3v) is 3.76. The fourth-order valence-corrected chi connectivity index (χ4v) is 2.47. The number of aromatic nitrogens is 3. The van der Waals surface area contributed by atoms with E-state index < -0.39 is 5.82 Å². The van der Waals surface area contributed by atoms with Crippen molar-refractivity contribution in [1.82, 2.24) is 19.7 Å². The van der Waals surface area contributed by atoms with Gasteiger partial charge < -0.3 is 15.0 Å². The number of carbonyl (C=O) groups excluding carboxylic acids is 1. The van der Waals surface area contributed by atoms with Gasteiger partial charge >= 0.3 is 6.03 Å². The summed E-state index contributed by atoms with van der Waals surface area (Å²) in [6.45, 7) is 0. The van der Waals surface area contributed by atoms with E-state index in [-0.39, 0.29) is 11.8 Å². The number of ether oxygens (including phenoxy) is 1. The van der Waals surface area contributed by atoms with Gasteiger partial charge in [-0.05, 0) is 24.3 Å². The number of hydrogen-bond acceptors (Lipinski definition) is 4. The Morgan fingerprint density at radius 3 is 2.72 bits per heavy atom. The summed E-state index contributed by atoms with van der Waals surface area (Å²) in [5.74, 6) is -0.301. The van der Waals surface area contributed by atoms with Gasteiger partial charge in [0.1, 0.15) is 5.69 Å². The van der Waals surface area contributed by atoms with E-state index >= 15 is 0 Å². The van der Waals surface area contributed by atoms with Crippen molar-refractivity contribution in [1.29, 1.82) is 0 Å². The Hall–Kier alpha value is -3.16. The number of hydrogen-bond donors (Lipinski definition) is 1. The van der Waals surface area contributed by atoms with Crippen molar-refractivity contribution in [2.75, 3.05) is 26.5 Å². The van der Waals surface area contributed by atoms with Crippen LogP contribution in [0.25, 0.3) is 22.3 Å². The number of aryl methyl sites for hydroxylation is 1. The largest absolute Gasteiger partial charge is 0.494 e. The van der Waals surface area contributed by atoms with Crippen LogP contribution in [0.5, 0.6) is 5.75 Å². The fraction of sp³-hybridized carbons (Fsp3) is 0.235. The van der Waals surface area contributed by atoms with E-state index in [0.717, 1.165) is 0 Å². The van der Waals surface area contributed by atoms with Crippen LogP contribution in [0.4, 0.5) is 14.9 Å². The van der Waals surface area contributed by atoms with Gasteiger partial charge in [0.15, 0.2) is 17.2 Å². The van der Waals surface area contributed by atoms with Crippen molar-refractivity contribution in [2.45, 2.75) is 0 Å². The van der Waals surface area contributed by atoms with E-state index in [1.807, 2.05) is 0 Å². The number of benzene rings is 1. The summed E-state index contributed by atoms with van der Waals surface area (Å²) in [4.78, 5) is 17.6. The van der Waals surface area contributed by atoms with Gasteiger partial charge in [0.25, 0.3) is 0 Å². The summed E-state index contributed by atoms with van der Waals surface area (Å²) >= 11 is 0. The average molecular weight is 343 g/mol. The Morgan fingerprint density at radius 2 is 2.08 bits per heavy atom. The van der Waals surface area contributed by atoms with Crippen LogP contribution in [0.3, 0.4) is 0 Å². The molecule has 2 aromatic heterocycles. The lowest BCUT2D eigenvalue weighted by Crippen LogP contribution is -2.27. The van der Waals surface area contributed by atoms with Crippen LogP contribution in [0.15, 0.2) is 30.5 Å². The Bertz CT molecular complexity index is 952. The molecule has 0 saturated carbocycles. The van der Waals surface area contributed by atoms with E-state index in [0.29, 0.717) is 28.0 Å². The molecule has 0 aliphatic rings. The third kappa shape index (κ3) is 3.10. The lowest BCUT2D eigenvalue weighted by Gasteiger charge is -2.11. The Kier molecular flexibility index (Phi) is 4.26. The lowest BCUT2D eigenvalue weighted by atomic mass is 10.1. The summed E-state index contributed by atoms with van der Waals surface area (Å²) in [6.07, 6.45) is 1.56. The molecule has 2 heterocycles. The first-order chi connectivity index (χ1) is 11.9. The molecule has 0 radical (unpaired) electrons. The van der Waals surface area contributed by atoms with Gasteiger partial charge in [0.2, 0.25) is 0 Å². The summed E-state index contributed by atoms with van der Waals surface area (Å²) in [7, 11) is 6.47. The molecule has 0 aliphatic heterocycles. The van der Waals surface area contributed by atoms with E-state index in [2.05, 4.69) is 15.4 Å². The molecule has 0 spiro atoms. The predicted octanol–water partition coefficient (Wildman–Crippen LogP) is 2.88. The predicted molar refractivity (Wildman–Crippen MR) is 93.2 cm³/mol. The van der Waals surface area contributed by atoms with Crippen molar-refractivity contribution in [3.63, 3.8) is 0 Å². The average Bonchev–Trinajstić information content (AvgIpc) is 2.91. The summed E-state index contributed by atoms with van der Waals surface area (Å²) in [5, 5.41) is 7.89. The Morgan fingerprint density at radius 1 is 1.32 bits per heavy atom. The van der Waals surface area contributed by atoms with Crippen LogP contribution in [-0.4, -0.2) is 46.9 Å². The van der Waals surface area contributed by atoms with Crippen molar-refractivity contribution in [3.05, 3.63) is 36.3 Å². The molecular formula is C17H18FN5O2. The van der Waals surface area contributed by atoms with Crippen LogP contribution in [-0.2, 0) is 7.05 Å². The molecule has 0 unspecified atom stereocenters. The minimum Gasteiger partial charge on any atom is -0.494 e. The van der Waals surface area contributed by atoms with Gasteiger partial charge in [-0.25, -0.2) is 18.9 Å². The number of pyridine rings is 1. The molecule has 3 aromatic rings. The molecule has 0 fully saturated rings. The molecule has 0 saturated heterocycles. The number of anilines is 1. The molecule has 1 N–H and O–H groups in total. The van der Waals surface area contributed by atoms with Crippen LogP contribution >= 0.6 is 0 Å². The topological polar surface area (TPSA) is 72.3 Å². The van der Waals surface area contributed by atoms with Gasteiger partial charge in [-0.2, -0.15) is 5.10 Å². The number of nitrogens with zero attached hydrogens (tertiary/aromatic N) is 4. The third-order valence-electron chi connectivity index (χ3n) is 3.76. The van der Waals surface area contributed by atoms with Gasteiger partial charge in [-0.3, -0.25) is 0 Å². The van der Waals surface area contributed by atoms with E-state index in [4.69, 9.17) is 4.74 Å². The number of carbonyl (C=O) groups is 1. The summed E-state index contributed by atoms with van der Waals surface area (Å²) < 4.78 is 20.6. The lowest BCUT2D eigenvalue weighted by molar-refractivity contribution is 0.230. The van der Waals surface area contributed by atoms with Crippen molar-refractivity contribution >= 4 is 22.8 Å². The Balaban J connectivity index is 2.09. The highest BCUT2D eigenvalue weighted by molar-refractivity contribution is 5.96. The number of fused-ring (bicyclic) bond motifs is 1. The van der Waals surface area contributed by atoms with Crippen molar-refractivity contribution in [3.8, 4) is 17.0 Å². The second kappa shape index (κ2) is 6.39. The van der Waals surface area contributed by atoms with Crippen LogP contribution < -0.4 is 10.1 Å². The van der Waals surface area contributed by atoms with E-state index in [1.54, 1.807) is 50.2 Å². The highest BCUT2D eigenvalue weighted by Gasteiger charge is 2.15. The quantitative estimate of drug-likeness (QED) is 0.794. The molecular weight excluding hydrogens is 325 g/mol. The molecule has 0 bridgehead atoms. The van der Waals surface area contributed by atoms with Gasteiger partial charge in [0.05, 0.1) is 19.0 Å². The first-order valence-corrected chi connectivity index (χ1v) is 7.55. The Labute approximate surface area is 144 Å². The SMILES string of the molecule is COc1ccc(-c2nn(C)c3ncc(NC(=O)N(C)C)cc23)cc1F. The number of amides is 2. The maximum Gasteiger partial charge on any atom is 0.321 e. The van der Waals surface area contributed by atoms with Crippen LogP contribution in [0.2, 0.25) is 0 Å². The summed E-state index contributed by atoms with van der Waals surface area (Å²) in [6, 6.07) is 6.16. The molecule has 0 aliphatic carbocycles. The zero-order valence-corrected chi connectivity index (χ0v) is 14.4. The van der Waals surface area contributed by atoms with Gasteiger partial charge in [0, 0.05) is 32.1 Å². The zero-order valence-electron chi connectivity index (χ0n) is 14.4. The number of urea groups is 1. The molecule has 130 valence electrons. The molecule has 0 atom stereocenters. The molecule has 8 heteroatoms. The minimum atomic E-state index is -0.469. The van der Waals surface area contributed by atoms with E-state index in [9.17, 15) is 9.18 Å². The van der Waals surface area contributed by atoms with Crippen LogP contribution in [0.1, 0.15) is 0 Å². The van der Waals surface area contributed by atoms with E-state index in [1.165, 1.54) is 18.1 Å². The molecule has 1 aromatic carbocycles. The molecule has 25 heavy (non-hydrogen) atoms. The number of halogens is 1. The fourth-order valence-electron chi connectivity index (χ4n) is 2.47. The maximum atomic E-state index is 14.0. The van der Waals surface area contributed by atoms with Crippen LogP contribution in [0, 0.1) is 5.82 Å². The zero-order chi connectivity index (χ0) is 18.1. The van der Waals surface area contributed by atoms with Gasteiger partial charge in [-0.1, -0.05) is 0 Å². The molecule has 3 rings (SSSR count). The first kappa shape index (κ1) is 16.7. The van der Waals surface area contributed by atoms with Gasteiger partial charge in [-0.15, -0.1) is 0 Å². The maximum absolute atomic E-state index is 14.0. The number of methoxy groups -OCH3 is 1. The van der Waals surface area contributed by atoms with Crippen molar-refractivity contribution in [2.24, 2.45) is 7.05 Å². The first-order valence-electron chi connectivity index (χ1n) is 7.55. The second-order valence-corrected chi connectivity index (χ2v) is 5.74. The minimum absolute atomic E-state index is 0.168. The van der Waals surface area contributed by atoms with Crippen molar-refractivity contribution < 1.29 is 13.9 Å². The standard InChI is InChI=1S/C17H18FN5O2/c1-22(2)17(24)20-11-8-12-15(21-23(3)16(12)19-9-11)10-5-6-14(25-4)13(18)7-10/h5-9H,1-4H3,(H,20,24). The smallest absolute Gasteiger partial charge is 0.321 e. The molecule has 7 nitrogen and oxygen atoms in total.